The molecule has 1 unspecified atom stereocenters. The van der Waals surface area contributed by atoms with Crippen molar-refractivity contribution in [3.05, 3.63) is 0 Å². The van der Waals surface area contributed by atoms with Gasteiger partial charge >= 0.3 is 0 Å². The van der Waals surface area contributed by atoms with E-state index in [1.165, 1.54) is 0 Å². The van der Waals surface area contributed by atoms with E-state index in [9.17, 15) is 9.59 Å². The maximum atomic E-state index is 11.1. The minimum atomic E-state index is -0.0731. The Hall–Kier alpha value is -0.710. The highest BCUT2D eigenvalue weighted by Crippen LogP contribution is 2.09. The number of amides is 2. The van der Waals surface area contributed by atoms with Crippen LogP contribution in [-0.2, 0) is 9.59 Å². The minimum absolute atomic E-state index is 0.0731. The van der Waals surface area contributed by atoms with Gasteiger partial charge in [-0.3, -0.25) is 9.59 Å². The third kappa shape index (κ3) is 2.91. The molecule has 0 aromatic carbocycles. The Morgan fingerprint density at radius 1 is 1.77 bits per heavy atom. The molecule has 1 rings (SSSR count). The quantitative estimate of drug-likeness (QED) is 0.602. The van der Waals surface area contributed by atoms with Crippen LogP contribution in [0.25, 0.3) is 0 Å². The largest absolute Gasteiger partial charge is 0.351 e. The Balaban J connectivity index is 2.37. The Labute approximate surface area is 83.1 Å². The molecule has 1 N–H and O–H groups in total. The zero-order valence-corrected chi connectivity index (χ0v) is 8.51. The number of carbonyl (C=O) groups is 2. The van der Waals surface area contributed by atoms with Crippen molar-refractivity contribution in [1.29, 1.82) is 0 Å². The van der Waals surface area contributed by atoms with Crippen molar-refractivity contribution in [2.75, 3.05) is 19.3 Å². The summed E-state index contributed by atoms with van der Waals surface area (Å²) in [5.74, 6) is 0.279. The molecule has 0 radical (unpaired) electrons. The van der Waals surface area contributed by atoms with E-state index in [0.29, 0.717) is 13.0 Å². The van der Waals surface area contributed by atoms with Gasteiger partial charge < -0.3 is 10.2 Å². The molecule has 0 bridgehead atoms. The number of likely N-dealkylation sites (tertiary alicyclic amines) is 1. The molecule has 1 fully saturated rings. The second kappa shape index (κ2) is 4.50. The Kier molecular flexibility index (Phi) is 3.59. The Morgan fingerprint density at radius 2 is 2.46 bits per heavy atom. The van der Waals surface area contributed by atoms with Crippen LogP contribution in [-0.4, -0.2) is 42.1 Å². The van der Waals surface area contributed by atoms with Crippen LogP contribution >= 0.6 is 12.6 Å². The summed E-state index contributed by atoms with van der Waals surface area (Å²) >= 11 is 3.86. The highest BCUT2D eigenvalue weighted by atomic mass is 32.1. The van der Waals surface area contributed by atoms with E-state index in [2.05, 4.69) is 17.9 Å². The number of thiol groups is 1. The lowest BCUT2D eigenvalue weighted by atomic mass is 10.1. The van der Waals surface area contributed by atoms with Crippen LogP contribution in [0.1, 0.15) is 12.8 Å². The van der Waals surface area contributed by atoms with E-state index in [1.54, 1.807) is 11.9 Å². The van der Waals surface area contributed by atoms with Gasteiger partial charge in [-0.25, -0.2) is 0 Å². The zero-order valence-electron chi connectivity index (χ0n) is 7.62. The summed E-state index contributed by atoms with van der Waals surface area (Å²) < 4.78 is 0. The predicted molar refractivity (Wildman–Crippen MR) is 52.7 cm³/mol. The van der Waals surface area contributed by atoms with Crippen LogP contribution in [0, 0.1) is 0 Å². The molecule has 1 aliphatic rings. The van der Waals surface area contributed by atoms with Crippen molar-refractivity contribution in [2.24, 2.45) is 0 Å². The average molecular weight is 202 g/mol. The molecule has 1 heterocycles. The summed E-state index contributed by atoms with van der Waals surface area (Å²) in [5, 5.41) is 2.81. The van der Waals surface area contributed by atoms with Gasteiger partial charge in [-0.05, 0) is 6.42 Å². The average Bonchev–Trinajstić information content (AvgIpc) is 2.11. The van der Waals surface area contributed by atoms with Crippen LogP contribution in [0.2, 0.25) is 0 Å². The van der Waals surface area contributed by atoms with Crippen LogP contribution in [0.15, 0.2) is 0 Å². The second-order valence-electron chi connectivity index (χ2n) is 3.24. The first-order chi connectivity index (χ1) is 6.13. The molecule has 74 valence electrons. The summed E-state index contributed by atoms with van der Waals surface area (Å²) in [5.41, 5.74) is 0. The van der Waals surface area contributed by atoms with E-state index in [4.69, 9.17) is 0 Å². The van der Waals surface area contributed by atoms with Crippen LogP contribution < -0.4 is 5.32 Å². The molecule has 0 spiro atoms. The van der Waals surface area contributed by atoms with Gasteiger partial charge in [0.25, 0.3) is 0 Å². The number of rotatable bonds is 2. The molecule has 1 atom stereocenters. The fourth-order valence-corrected chi connectivity index (χ4v) is 1.49. The van der Waals surface area contributed by atoms with E-state index >= 15 is 0 Å². The van der Waals surface area contributed by atoms with Gasteiger partial charge in [0.15, 0.2) is 0 Å². The fourth-order valence-electron chi connectivity index (χ4n) is 1.40. The van der Waals surface area contributed by atoms with Crippen molar-refractivity contribution in [2.45, 2.75) is 18.9 Å². The first-order valence-electron chi connectivity index (χ1n) is 4.27. The van der Waals surface area contributed by atoms with Gasteiger partial charge in [-0.2, -0.15) is 12.6 Å². The monoisotopic (exact) mass is 202 g/mol. The van der Waals surface area contributed by atoms with E-state index in [1.807, 2.05) is 0 Å². The first-order valence-corrected chi connectivity index (χ1v) is 4.91. The number of piperidine rings is 1. The molecular formula is C8H14N2O2S. The molecule has 1 aliphatic heterocycles. The summed E-state index contributed by atoms with van der Waals surface area (Å²) in [6, 6.07) is 0.0994. The lowest BCUT2D eigenvalue weighted by Crippen LogP contribution is -2.48. The van der Waals surface area contributed by atoms with Crippen molar-refractivity contribution in [1.82, 2.24) is 10.2 Å². The van der Waals surface area contributed by atoms with E-state index in [-0.39, 0.29) is 23.6 Å². The molecule has 1 saturated heterocycles. The molecule has 2 amide bonds. The van der Waals surface area contributed by atoms with Gasteiger partial charge in [-0.15, -0.1) is 0 Å². The van der Waals surface area contributed by atoms with Crippen LogP contribution in [0.5, 0.6) is 0 Å². The highest BCUT2D eigenvalue weighted by molar-refractivity contribution is 7.81. The lowest BCUT2D eigenvalue weighted by Gasteiger charge is -2.29. The van der Waals surface area contributed by atoms with Crippen LogP contribution in [0.4, 0.5) is 0 Å². The third-order valence-corrected chi connectivity index (χ3v) is 2.42. The lowest BCUT2D eigenvalue weighted by molar-refractivity contribution is -0.133. The second-order valence-corrected chi connectivity index (χ2v) is 3.55. The van der Waals surface area contributed by atoms with Crippen molar-refractivity contribution in [3.8, 4) is 0 Å². The molecule has 0 aliphatic carbocycles. The molecule has 4 nitrogen and oxygen atoms in total. The van der Waals surface area contributed by atoms with Crippen molar-refractivity contribution in [3.63, 3.8) is 0 Å². The van der Waals surface area contributed by atoms with Gasteiger partial charge in [0, 0.05) is 26.1 Å². The standard InChI is InChI=1S/C8H14N2O2S/c1-10-4-6(2-3-8(10)12)9-7(11)5-13/h6,13H,2-5H2,1H3,(H,9,11). The number of hydrogen-bond donors (Lipinski definition) is 2. The normalized spacial score (nSPS) is 23.1. The van der Waals surface area contributed by atoms with Crippen LogP contribution in [0.3, 0.4) is 0 Å². The molecule has 13 heavy (non-hydrogen) atoms. The maximum absolute atomic E-state index is 11.1. The Morgan fingerprint density at radius 3 is 3.00 bits per heavy atom. The predicted octanol–water partition coefficient (Wildman–Crippen LogP) is -0.347. The maximum Gasteiger partial charge on any atom is 0.230 e. The van der Waals surface area contributed by atoms with E-state index < -0.39 is 0 Å². The minimum Gasteiger partial charge on any atom is -0.351 e. The number of nitrogens with one attached hydrogen (secondary N) is 1. The summed E-state index contributed by atoms with van der Waals surface area (Å²) in [6.45, 7) is 0.609. The molecular weight excluding hydrogens is 188 g/mol. The summed E-state index contributed by atoms with van der Waals surface area (Å²) in [7, 11) is 1.75. The van der Waals surface area contributed by atoms with Gasteiger partial charge in [0.05, 0.1) is 5.75 Å². The molecule has 0 saturated carbocycles. The topological polar surface area (TPSA) is 49.4 Å². The SMILES string of the molecule is CN1CC(NC(=O)CS)CCC1=O. The molecule has 5 heteroatoms. The summed E-state index contributed by atoms with van der Waals surface area (Å²) in [4.78, 5) is 23.7. The Bertz CT molecular complexity index is 220. The van der Waals surface area contributed by atoms with Gasteiger partial charge in [0.1, 0.15) is 0 Å². The number of nitrogens with zero attached hydrogens (tertiary/aromatic N) is 1. The zero-order chi connectivity index (χ0) is 9.84. The van der Waals surface area contributed by atoms with Crippen molar-refractivity contribution >= 4 is 24.4 Å². The third-order valence-electron chi connectivity index (χ3n) is 2.14. The van der Waals surface area contributed by atoms with Gasteiger partial charge in [-0.1, -0.05) is 0 Å². The number of hydrogen-bond acceptors (Lipinski definition) is 3. The number of likely N-dealkylation sites (N-methyl/N-ethyl adjacent to an activating group) is 1. The summed E-state index contributed by atoms with van der Waals surface area (Å²) in [6.07, 6.45) is 1.26. The smallest absolute Gasteiger partial charge is 0.230 e. The highest BCUT2D eigenvalue weighted by Gasteiger charge is 2.23. The fraction of sp³-hybridized carbons (Fsp3) is 0.750. The van der Waals surface area contributed by atoms with Gasteiger partial charge in [0.2, 0.25) is 11.8 Å². The number of carbonyl (C=O) groups excluding carboxylic acids is 2. The first kappa shape index (κ1) is 10.4. The molecule has 0 aromatic heterocycles. The van der Waals surface area contributed by atoms with Crippen molar-refractivity contribution < 1.29 is 9.59 Å². The molecule has 0 aromatic rings. The van der Waals surface area contributed by atoms with E-state index in [0.717, 1.165) is 6.42 Å².